The van der Waals surface area contributed by atoms with Crippen LogP contribution in [0.2, 0.25) is 0 Å². The molecule has 1 fully saturated rings. The van der Waals surface area contributed by atoms with Crippen molar-refractivity contribution in [2.75, 3.05) is 7.11 Å². The number of hydrogen-bond acceptors (Lipinski definition) is 3. The van der Waals surface area contributed by atoms with Crippen LogP contribution in [0, 0.1) is 5.92 Å². The second-order valence-electron chi connectivity index (χ2n) is 4.70. The Balaban J connectivity index is 2.74. The summed E-state index contributed by atoms with van der Waals surface area (Å²) in [4.78, 5) is 11.2. The minimum absolute atomic E-state index is 0.0986. The molecule has 0 spiro atoms. The molecule has 0 aromatic carbocycles. The standard InChI is InChI=1S/C12H22O4/c1-3-7-12(15,11(13)14)9-5-4-6-10(8-9)16-2/h9-10,15H,3-8H2,1-2H3,(H,13,14). The zero-order chi connectivity index (χ0) is 12.2. The highest BCUT2D eigenvalue weighted by molar-refractivity contribution is 5.77. The molecule has 0 radical (unpaired) electrons. The molecule has 1 rings (SSSR count). The lowest BCUT2D eigenvalue weighted by Gasteiger charge is -2.37. The summed E-state index contributed by atoms with van der Waals surface area (Å²) in [6, 6.07) is 0. The van der Waals surface area contributed by atoms with Crippen molar-refractivity contribution in [3.05, 3.63) is 0 Å². The molecular weight excluding hydrogens is 208 g/mol. The third-order valence-corrected chi connectivity index (χ3v) is 3.64. The average Bonchev–Trinajstić information content (AvgIpc) is 2.29. The van der Waals surface area contributed by atoms with Crippen LogP contribution in [-0.4, -0.2) is 35.0 Å². The number of ether oxygens (including phenoxy) is 1. The summed E-state index contributed by atoms with van der Waals surface area (Å²) in [5.41, 5.74) is -1.56. The van der Waals surface area contributed by atoms with Crippen LogP contribution in [0.25, 0.3) is 0 Å². The second kappa shape index (κ2) is 5.64. The van der Waals surface area contributed by atoms with Crippen molar-refractivity contribution in [3.63, 3.8) is 0 Å². The number of rotatable bonds is 5. The Labute approximate surface area is 96.6 Å². The summed E-state index contributed by atoms with van der Waals surface area (Å²) in [6.45, 7) is 1.89. The normalized spacial score (nSPS) is 29.7. The Kier molecular flexibility index (Phi) is 4.74. The molecular formula is C12H22O4. The van der Waals surface area contributed by atoms with Crippen LogP contribution in [-0.2, 0) is 9.53 Å². The lowest BCUT2D eigenvalue weighted by molar-refractivity contribution is -0.169. The molecule has 2 N–H and O–H groups in total. The van der Waals surface area contributed by atoms with Crippen molar-refractivity contribution in [1.82, 2.24) is 0 Å². The van der Waals surface area contributed by atoms with Gasteiger partial charge in [0.2, 0.25) is 0 Å². The van der Waals surface area contributed by atoms with Crippen LogP contribution in [0.3, 0.4) is 0 Å². The molecule has 0 bridgehead atoms. The van der Waals surface area contributed by atoms with Crippen LogP contribution in [0.15, 0.2) is 0 Å². The summed E-state index contributed by atoms with van der Waals surface area (Å²) < 4.78 is 5.27. The Morgan fingerprint density at radius 2 is 2.19 bits per heavy atom. The van der Waals surface area contributed by atoms with Crippen molar-refractivity contribution >= 4 is 5.97 Å². The van der Waals surface area contributed by atoms with Crippen LogP contribution >= 0.6 is 0 Å². The molecule has 3 unspecified atom stereocenters. The first-order valence-electron chi connectivity index (χ1n) is 6.03. The minimum atomic E-state index is -1.56. The molecule has 16 heavy (non-hydrogen) atoms. The summed E-state index contributed by atoms with van der Waals surface area (Å²) in [6.07, 6.45) is 4.43. The van der Waals surface area contributed by atoms with E-state index >= 15 is 0 Å². The lowest BCUT2D eigenvalue weighted by Crippen LogP contribution is -2.48. The molecule has 1 aliphatic rings. The van der Waals surface area contributed by atoms with Gasteiger partial charge in [-0.15, -0.1) is 0 Å². The van der Waals surface area contributed by atoms with Gasteiger partial charge in [-0.1, -0.05) is 19.8 Å². The molecule has 1 saturated carbocycles. The number of aliphatic hydroxyl groups is 1. The maximum atomic E-state index is 11.2. The fourth-order valence-electron chi connectivity index (χ4n) is 2.66. The van der Waals surface area contributed by atoms with Gasteiger partial charge >= 0.3 is 5.97 Å². The first-order valence-corrected chi connectivity index (χ1v) is 6.03. The van der Waals surface area contributed by atoms with Gasteiger partial charge in [-0.3, -0.25) is 0 Å². The third kappa shape index (κ3) is 2.74. The van der Waals surface area contributed by atoms with Crippen LogP contribution in [0.5, 0.6) is 0 Å². The maximum absolute atomic E-state index is 11.2. The van der Waals surface area contributed by atoms with E-state index < -0.39 is 11.6 Å². The number of carbonyl (C=O) groups is 1. The van der Waals surface area contributed by atoms with Gasteiger partial charge in [0.15, 0.2) is 5.60 Å². The molecule has 0 saturated heterocycles. The van der Waals surface area contributed by atoms with Gasteiger partial charge in [-0.05, 0) is 25.7 Å². The Morgan fingerprint density at radius 3 is 2.69 bits per heavy atom. The van der Waals surface area contributed by atoms with E-state index in [1.54, 1.807) is 7.11 Å². The fraction of sp³-hybridized carbons (Fsp3) is 0.917. The van der Waals surface area contributed by atoms with Crippen molar-refractivity contribution in [1.29, 1.82) is 0 Å². The number of carboxylic acids is 1. The quantitative estimate of drug-likeness (QED) is 0.756. The largest absolute Gasteiger partial charge is 0.479 e. The SMILES string of the molecule is CCCC(O)(C(=O)O)C1CCCC(OC)C1. The molecule has 0 aromatic heterocycles. The molecule has 3 atom stereocenters. The summed E-state index contributed by atoms with van der Waals surface area (Å²) in [7, 11) is 1.65. The summed E-state index contributed by atoms with van der Waals surface area (Å²) in [5, 5.41) is 19.5. The molecule has 0 aromatic rings. The average molecular weight is 230 g/mol. The highest BCUT2D eigenvalue weighted by atomic mass is 16.5. The van der Waals surface area contributed by atoms with E-state index in [0.717, 1.165) is 19.3 Å². The first-order chi connectivity index (χ1) is 7.54. The van der Waals surface area contributed by atoms with Gasteiger partial charge in [0.25, 0.3) is 0 Å². The maximum Gasteiger partial charge on any atom is 0.335 e. The van der Waals surface area contributed by atoms with E-state index in [1.165, 1.54) is 0 Å². The number of aliphatic carboxylic acids is 1. The molecule has 1 aliphatic carbocycles. The van der Waals surface area contributed by atoms with Crippen molar-refractivity contribution in [3.8, 4) is 0 Å². The highest BCUT2D eigenvalue weighted by Crippen LogP contribution is 2.36. The Bertz CT molecular complexity index is 241. The predicted octanol–water partition coefficient (Wildman–Crippen LogP) is 1.81. The lowest BCUT2D eigenvalue weighted by atomic mass is 9.74. The van der Waals surface area contributed by atoms with E-state index in [-0.39, 0.29) is 12.0 Å². The van der Waals surface area contributed by atoms with E-state index in [2.05, 4.69) is 0 Å². The molecule has 0 amide bonds. The third-order valence-electron chi connectivity index (χ3n) is 3.64. The van der Waals surface area contributed by atoms with E-state index in [0.29, 0.717) is 19.3 Å². The fourth-order valence-corrected chi connectivity index (χ4v) is 2.66. The second-order valence-corrected chi connectivity index (χ2v) is 4.70. The Hall–Kier alpha value is -0.610. The van der Waals surface area contributed by atoms with Crippen molar-refractivity contribution in [2.45, 2.75) is 57.2 Å². The first kappa shape index (κ1) is 13.5. The van der Waals surface area contributed by atoms with E-state index in [9.17, 15) is 15.0 Å². The number of methoxy groups -OCH3 is 1. The van der Waals surface area contributed by atoms with Gasteiger partial charge in [-0.25, -0.2) is 4.79 Å². The molecule has 0 aliphatic heterocycles. The number of hydrogen-bond donors (Lipinski definition) is 2. The highest BCUT2D eigenvalue weighted by Gasteiger charge is 2.45. The molecule has 94 valence electrons. The van der Waals surface area contributed by atoms with Crippen LogP contribution in [0.4, 0.5) is 0 Å². The van der Waals surface area contributed by atoms with Crippen LogP contribution in [0.1, 0.15) is 45.4 Å². The number of carboxylic acid groups (broad SMARTS) is 1. The smallest absolute Gasteiger partial charge is 0.335 e. The van der Waals surface area contributed by atoms with Crippen molar-refractivity contribution < 1.29 is 19.7 Å². The minimum Gasteiger partial charge on any atom is -0.479 e. The van der Waals surface area contributed by atoms with Gasteiger partial charge in [0.05, 0.1) is 6.10 Å². The Morgan fingerprint density at radius 1 is 1.50 bits per heavy atom. The summed E-state index contributed by atoms with van der Waals surface area (Å²) >= 11 is 0. The summed E-state index contributed by atoms with van der Waals surface area (Å²) in [5.74, 6) is -1.26. The monoisotopic (exact) mass is 230 g/mol. The molecule has 4 nitrogen and oxygen atoms in total. The zero-order valence-corrected chi connectivity index (χ0v) is 10.1. The molecule has 0 heterocycles. The van der Waals surface area contributed by atoms with Crippen molar-refractivity contribution in [2.24, 2.45) is 5.92 Å². The topological polar surface area (TPSA) is 66.8 Å². The van der Waals surface area contributed by atoms with Gasteiger partial charge in [-0.2, -0.15) is 0 Å². The molecule has 4 heteroatoms. The van der Waals surface area contributed by atoms with Gasteiger partial charge in [0.1, 0.15) is 0 Å². The van der Waals surface area contributed by atoms with Gasteiger partial charge < -0.3 is 14.9 Å². The van der Waals surface area contributed by atoms with Crippen LogP contribution < -0.4 is 0 Å². The van der Waals surface area contributed by atoms with E-state index in [1.807, 2.05) is 6.92 Å². The van der Waals surface area contributed by atoms with Gasteiger partial charge in [0, 0.05) is 13.0 Å². The zero-order valence-electron chi connectivity index (χ0n) is 10.1. The predicted molar refractivity (Wildman–Crippen MR) is 60.2 cm³/mol. The van der Waals surface area contributed by atoms with E-state index in [4.69, 9.17) is 4.74 Å².